The van der Waals surface area contributed by atoms with Crippen molar-refractivity contribution in [2.75, 3.05) is 13.1 Å². The van der Waals surface area contributed by atoms with Crippen molar-refractivity contribution in [2.45, 2.75) is 44.8 Å². The molecule has 2 heterocycles. The lowest BCUT2D eigenvalue weighted by Gasteiger charge is -2.41. The Labute approximate surface area is 141 Å². The minimum atomic E-state index is -0.401. The molecule has 2 aliphatic heterocycles. The SMILES string of the molecule is C[C@H](NC(=O)N1C[C@H]2CCCN2C(=O)[C@H]1C)c1ccc(Cl)cc1. The Hall–Kier alpha value is -1.75. The summed E-state index contributed by atoms with van der Waals surface area (Å²) in [5, 5.41) is 3.66. The fraction of sp³-hybridized carbons (Fsp3) is 0.529. The number of amides is 3. The molecule has 2 saturated heterocycles. The highest BCUT2D eigenvalue weighted by Crippen LogP contribution is 2.26. The third-order valence-electron chi connectivity index (χ3n) is 4.86. The molecule has 1 N–H and O–H groups in total. The van der Waals surface area contributed by atoms with Crippen molar-refractivity contribution in [1.82, 2.24) is 15.1 Å². The second-order valence-corrected chi connectivity index (χ2v) is 6.82. The minimum Gasteiger partial charge on any atom is -0.336 e. The number of benzene rings is 1. The Bertz CT molecular complexity index is 604. The van der Waals surface area contributed by atoms with Crippen LogP contribution in [0.25, 0.3) is 0 Å². The summed E-state index contributed by atoms with van der Waals surface area (Å²) in [6.45, 7) is 5.18. The Morgan fingerprint density at radius 2 is 2.04 bits per heavy atom. The molecule has 1 aromatic rings. The van der Waals surface area contributed by atoms with Gasteiger partial charge in [0.1, 0.15) is 6.04 Å². The maximum atomic E-state index is 12.6. The summed E-state index contributed by atoms with van der Waals surface area (Å²) >= 11 is 5.89. The molecule has 3 rings (SSSR count). The van der Waals surface area contributed by atoms with Crippen molar-refractivity contribution in [3.05, 3.63) is 34.9 Å². The number of rotatable bonds is 2. The van der Waals surface area contributed by atoms with Crippen LogP contribution in [-0.2, 0) is 4.79 Å². The van der Waals surface area contributed by atoms with E-state index in [9.17, 15) is 9.59 Å². The number of nitrogens with zero attached hydrogens (tertiary/aromatic N) is 2. The van der Waals surface area contributed by atoms with E-state index in [-0.39, 0.29) is 24.0 Å². The lowest BCUT2D eigenvalue weighted by Crippen LogP contribution is -2.61. The number of carbonyl (C=O) groups is 2. The zero-order chi connectivity index (χ0) is 16.6. The molecule has 0 aromatic heterocycles. The Morgan fingerprint density at radius 3 is 2.74 bits per heavy atom. The van der Waals surface area contributed by atoms with E-state index in [0.29, 0.717) is 11.6 Å². The summed E-state index contributed by atoms with van der Waals surface area (Å²) in [4.78, 5) is 28.6. The van der Waals surface area contributed by atoms with E-state index in [1.807, 2.05) is 43.0 Å². The zero-order valence-corrected chi connectivity index (χ0v) is 14.2. The Morgan fingerprint density at radius 1 is 1.35 bits per heavy atom. The van der Waals surface area contributed by atoms with Crippen molar-refractivity contribution in [2.24, 2.45) is 0 Å². The van der Waals surface area contributed by atoms with Crippen molar-refractivity contribution in [1.29, 1.82) is 0 Å². The van der Waals surface area contributed by atoms with Gasteiger partial charge in [-0.15, -0.1) is 0 Å². The summed E-state index contributed by atoms with van der Waals surface area (Å²) in [6, 6.07) is 6.88. The molecule has 23 heavy (non-hydrogen) atoms. The van der Waals surface area contributed by atoms with Crippen LogP contribution in [0.2, 0.25) is 5.02 Å². The largest absolute Gasteiger partial charge is 0.336 e. The third kappa shape index (κ3) is 3.15. The second kappa shape index (κ2) is 6.40. The van der Waals surface area contributed by atoms with E-state index in [4.69, 9.17) is 11.6 Å². The highest BCUT2D eigenvalue weighted by molar-refractivity contribution is 6.30. The standard InChI is InChI=1S/C17H22ClN3O2/c1-11(13-5-7-14(18)8-6-13)19-17(23)21-10-15-4-3-9-20(15)16(22)12(21)2/h5-8,11-12,15H,3-4,9-10H2,1-2H3,(H,19,23)/t11-,12+,15+/m0/s1. The van der Waals surface area contributed by atoms with Crippen LogP contribution in [0.1, 0.15) is 38.3 Å². The smallest absolute Gasteiger partial charge is 0.318 e. The third-order valence-corrected chi connectivity index (χ3v) is 5.12. The molecule has 1 aromatic carbocycles. The normalized spacial score (nSPS) is 25.3. The van der Waals surface area contributed by atoms with Gasteiger partial charge in [0.2, 0.25) is 5.91 Å². The van der Waals surface area contributed by atoms with Crippen molar-refractivity contribution in [3.8, 4) is 0 Å². The first-order valence-electron chi connectivity index (χ1n) is 8.10. The van der Waals surface area contributed by atoms with Crippen LogP contribution in [0.4, 0.5) is 4.79 Å². The van der Waals surface area contributed by atoms with Crippen LogP contribution in [-0.4, -0.2) is 46.9 Å². The number of carbonyl (C=O) groups excluding carboxylic acids is 2. The lowest BCUT2D eigenvalue weighted by atomic mass is 10.1. The van der Waals surface area contributed by atoms with Gasteiger partial charge in [0.15, 0.2) is 0 Å². The molecule has 3 atom stereocenters. The molecule has 0 spiro atoms. The van der Waals surface area contributed by atoms with Crippen LogP contribution in [0.15, 0.2) is 24.3 Å². The first-order valence-corrected chi connectivity index (χ1v) is 8.48. The van der Waals surface area contributed by atoms with Crippen molar-refractivity contribution in [3.63, 3.8) is 0 Å². The number of urea groups is 1. The predicted octanol–water partition coefficient (Wildman–Crippen LogP) is 2.81. The molecule has 0 bridgehead atoms. The summed E-state index contributed by atoms with van der Waals surface area (Å²) < 4.78 is 0. The van der Waals surface area contributed by atoms with Gasteiger partial charge in [-0.1, -0.05) is 23.7 Å². The van der Waals surface area contributed by atoms with Crippen LogP contribution in [0.3, 0.4) is 0 Å². The van der Waals surface area contributed by atoms with Crippen molar-refractivity contribution >= 4 is 23.5 Å². The fourth-order valence-electron chi connectivity index (χ4n) is 3.44. The van der Waals surface area contributed by atoms with Gasteiger partial charge >= 0.3 is 6.03 Å². The molecule has 0 unspecified atom stereocenters. The van der Waals surface area contributed by atoms with Crippen LogP contribution >= 0.6 is 11.6 Å². The molecule has 0 aliphatic carbocycles. The van der Waals surface area contributed by atoms with E-state index >= 15 is 0 Å². The number of hydrogen-bond acceptors (Lipinski definition) is 2. The molecule has 6 heteroatoms. The van der Waals surface area contributed by atoms with E-state index < -0.39 is 6.04 Å². The molecule has 0 saturated carbocycles. The average Bonchev–Trinajstić information content (AvgIpc) is 3.00. The van der Waals surface area contributed by atoms with Gasteiger partial charge in [-0.2, -0.15) is 0 Å². The average molecular weight is 336 g/mol. The zero-order valence-electron chi connectivity index (χ0n) is 13.5. The molecule has 2 fully saturated rings. The van der Waals surface area contributed by atoms with E-state index in [0.717, 1.165) is 24.9 Å². The number of fused-ring (bicyclic) bond motifs is 1. The fourth-order valence-corrected chi connectivity index (χ4v) is 3.56. The summed E-state index contributed by atoms with van der Waals surface area (Å²) in [5.41, 5.74) is 0.987. The number of piperazine rings is 1. The molecular weight excluding hydrogens is 314 g/mol. The topological polar surface area (TPSA) is 52.7 Å². The number of halogens is 1. The van der Waals surface area contributed by atoms with Gasteiger partial charge < -0.3 is 15.1 Å². The van der Waals surface area contributed by atoms with Gasteiger partial charge in [-0.05, 0) is 44.4 Å². The summed E-state index contributed by atoms with van der Waals surface area (Å²) in [7, 11) is 0. The molecule has 3 amide bonds. The van der Waals surface area contributed by atoms with Gasteiger partial charge in [-0.3, -0.25) is 4.79 Å². The maximum Gasteiger partial charge on any atom is 0.318 e. The molecule has 2 aliphatic rings. The first-order chi connectivity index (χ1) is 11.0. The van der Waals surface area contributed by atoms with Gasteiger partial charge in [0.05, 0.1) is 6.04 Å². The van der Waals surface area contributed by atoms with E-state index in [1.165, 1.54) is 0 Å². The van der Waals surface area contributed by atoms with E-state index in [1.54, 1.807) is 4.90 Å². The molecule has 124 valence electrons. The monoisotopic (exact) mass is 335 g/mol. The summed E-state index contributed by atoms with van der Waals surface area (Å²) in [5.74, 6) is 0.0630. The van der Waals surface area contributed by atoms with Crippen LogP contribution < -0.4 is 5.32 Å². The second-order valence-electron chi connectivity index (χ2n) is 6.38. The Kier molecular flexibility index (Phi) is 4.48. The van der Waals surface area contributed by atoms with Gasteiger partial charge in [0, 0.05) is 24.2 Å². The highest BCUT2D eigenvalue weighted by Gasteiger charge is 2.42. The minimum absolute atomic E-state index is 0.0630. The number of hydrogen-bond donors (Lipinski definition) is 1. The summed E-state index contributed by atoms with van der Waals surface area (Å²) in [6.07, 6.45) is 2.01. The quantitative estimate of drug-likeness (QED) is 0.903. The van der Waals surface area contributed by atoms with Crippen molar-refractivity contribution < 1.29 is 9.59 Å². The van der Waals surface area contributed by atoms with Crippen LogP contribution in [0, 0.1) is 0 Å². The molecule has 5 nitrogen and oxygen atoms in total. The van der Waals surface area contributed by atoms with E-state index in [2.05, 4.69) is 5.32 Å². The Balaban J connectivity index is 1.67. The highest BCUT2D eigenvalue weighted by atomic mass is 35.5. The van der Waals surface area contributed by atoms with Crippen LogP contribution in [0.5, 0.6) is 0 Å². The van der Waals surface area contributed by atoms with Gasteiger partial charge in [-0.25, -0.2) is 4.79 Å². The molecule has 0 radical (unpaired) electrons. The lowest BCUT2D eigenvalue weighted by molar-refractivity contribution is -0.140. The maximum absolute atomic E-state index is 12.6. The predicted molar refractivity (Wildman–Crippen MR) is 89.3 cm³/mol. The molecular formula is C17H22ClN3O2. The number of nitrogens with one attached hydrogen (secondary N) is 1. The first kappa shape index (κ1) is 16.1. The van der Waals surface area contributed by atoms with Gasteiger partial charge in [0.25, 0.3) is 0 Å².